The number of carbonyl (C=O) groups excluding carboxylic acids is 1. The molecule has 0 saturated carbocycles. The van der Waals surface area contributed by atoms with Crippen molar-refractivity contribution in [3.05, 3.63) is 59.2 Å². The second-order valence-corrected chi connectivity index (χ2v) is 4.49. The number of hydrogen-bond acceptors (Lipinski definition) is 3. The molecule has 0 unspecified atom stereocenters. The number of ketones is 1. The Kier molecular flexibility index (Phi) is 4.41. The molecule has 0 aliphatic rings. The first-order valence-corrected chi connectivity index (χ1v) is 6.58. The molecule has 2 aromatic carbocycles. The summed E-state index contributed by atoms with van der Waals surface area (Å²) in [6, 6.07) is 12.7. The van der Waals surface area contributed by atoms with E-state index in [1.54, 1.807) is 37.4 Å². The lowest BCUT2D eigenvalue weighted by Crippen LogP contribution is -2.04. The smallest absolute Gasteiger partial charge is 0.196 e. The Morgan fingerprint density at radius 2 is 1.80 bits per heavy atom. The Labute approximate surface area is 119 Å². The zero-order valence-electron chi connectivity index (χ0n) is 12.0. The molecule has 0 saturated heterocycles. The van der Waals surface area contributed by atoms with Gasteiger partial charge in [0.25, 0.3) is 0 Å². The van der Waals surface area contributed by atoms with Crippen LogP contribution >= 0.6 is 0 Å². The molecule has 0 bridgehead atoms. The van der Waals surface area contributed by atoms with Crippen LogP contribution in [0.15, 0.2) is 42.5 Å². The summed E-state index contributed by atoms with van der Waals surface area (Å²) < 4.78 is 10.7. The first-order valence-electron chi connectivity index (χ1n) is 6.58. The molecule has 0 spiro atoms. The SMILES string of the molecule is CCOc1ccc(C(=O)c2ccc(C)cc2OC)cc1. The fourth-order valence-corrected chi connectivity index (χ4v) is 2.01. The molecule has 0 fully saturated rings. The largest absolute Gasteiger partial charge is 0.496 e. The summed E-state index contributed by atoms with van der Waals surface area (Å²) in [4.78, 5) is 12.5. The van der Waals surface area contributed by atoms with Gasteiger partial charge in [-0.2, -0.15) is 0 Å². The number of rotatable bonds is 5. The Morgan fingerprint density at radius 1 is 1.10 bits per heavy atom. The molecule has 0 radical (unpaired) electrons. The number of benzene rings is 2. The van der Waals surface area contributed by atoms with E-state index in [9.17, 15) is 4.79 Å². The van der Waals surface area contributed by atoms with Gasteiger partial charge in [-0.3, -0.25) is 4.79 Å². The second kappa shape index (κ2) is 6.24. The third-order valence-electron chi connectivity index (χ3n) is 3.03. The maximum atomic E-state index is 12.5. The minimum absolute atomic E-state index is 0.0510. The number of ether oxygens (including phenoxy) is 2. The maximum absolute atomic E-state index is 12.5. The predicted octanol–water partition coefficient (Wildman–Crippen LogP) is 3.63. The van der Waals surface area contributed by atoms with E-state index in [-0.39, 0.29) is 5.78 Å². The summed E-state index contributed by atoms with van der Waals surface area (Å²) in [6.07, 6.45) is 0. The van der Waals surface area contributed by atoms with Crippen LogP contribution in [0.1, 0.15) is 28.4 Å². The van der Waals surface area contributed by atoms with Crippen LogP contribution in [0, 0.1) is 6.92 Å². The molecule has 2 aromatic rings. The molecule has 3 nitrogen and oxygen atoms in total. The first kappa shape index (κ1) is 14.1. The van der Waals surface area contributed by atoms with Gasteiger partial charge >= 0.3 is 0 Å². The van der Waals surface area contributed by atoms with E-state index in [4.69, 9.17) is 9.47 Å². The highest BCUT2D eigenvalue weighted by molar-refractivity contribution is 6.10. The zero-order valence-corrected chi connectivity index (χ0v) is 12.0. The highest BCUT2D eigenvalue weighted by Gasteiger charge is 2.14. The molecule has 3 heteroatoms. The third kappa shape index (κ3) is 2.99. The molecule has 0 aromatic heterocycles. The molecule has 0 heterocycles. The van der Waals surface area contributed by atoms with Crippen LogP contribution < -0.4 is 9.47 Å². The summed E-state index contributed by atoms with van der Waals surface area (Å²) >= 11 is 0. The van der Waals surface area contributed by atoms with Gasteiger partial charge in [0.05, 0.1) is 19.3 Å². The Morgan fingerprint density at radius 3 is 2.40 bits per heavy atom. The standard InChI is InChI=1S/C17H18O3/c1-4-20-14-8-6-13(7-9-14)17(18)15-10-5-12(2)11-16(15)19-3/h5-11H,4H2,1-3H3. The van der Waals surface area contributed by atoms with Crippen LogP contribution in [-0.2, 0) is 0 Å². The number of hydrogen-bond donors (Lipinski definition) is 0. The molecule has 0 amide bonds. The van der Waals surface area contributed by atoms with Gasteiger partial charge in [-0.15, -0.1) is 0 Å². The van der Waals surface area contributed by atoms with Gasteiger partial charge in [-0.1, -0.05) is 6.07 Å². The van der Waals surface area contributed by atoms with Crippen molar-refractivity contribution in [3.63, 3.8) is 0 Å². The van der Waals surface area contributed by atoms with E-state index in [2.05, 4.69) is 0 Å². The van der Waals surface area contributed by atoms with Crippen LogP contribution in [0.3, 0.4) is 0 Å². The minimum Gasteiger partial charge on any atom is -0.496 e. The lowest BCUT2D eigenvalue weighted by Gasteiger charge is -2.09. The van der Waals surface area contributed by atoms with Crippen LogP contribution in [0.2, 0.25) is 0 Å². The molecule has 0 aliphatic heterocycles. The minimum atomic E-state index is -0.0510. The van der Waals surface area contributed by atoms with Crippen molar-refractivity contribution >= 4 is 5.78 Å². The van der Waals surface area contributed by atoms with Gasteiger partial charge in [0.1, 0.15) is 11.5 Å². The molecular formula is C17H18O3. The summed E-state index contributed by atoms with van der Waals surface area (Å²) in [7, 11) is 1.57. The quantitative estimate of drug-likeness (QED) is 0.778. The van der Waals surface area contributed by atoms with Crippen molar-refractivity contribution in [2.75, 3.05) is 13.7 Å². The van der Waals surface area contributed by atoms with Gasteiger partial charge < -0.3 is 9.47 Å². The van der Waals surface area contributed by atoms with E-state index in [0.29, 0.717) is 23.5 Å². The summed E-state index contributed by atoms with van der Waals surface area (Å²) in [5.74, 6) is 1.31. The van der Waals surface area contributed by atoms with Crippen LogP contribution in [0.25, 0.3) is 0 Å². The highest BCUT2D eigenvalue weighted by Crippen LogP contribution is 2.24. The maximum Gasteiger partial charge on any atom is 0.196 e. The summed E-state index contributed by atoms with van der Waals surface area (Å²) in [5, 5.41) is 0. The zero-order chi connectivity index (χ0) is 14.5. The fourth-order valence-electron chi connectivity index (χ4n) is 2.01. The van der Waals surface area contributed by atoms with Crippen molar-refractivity contribution in [1.29, 1.82) is 0 Å². The molecule has 0 aliphatic carbocycles. The van der Waals surface area contributed by atoms with E-state index in [1.807, 2.05) is 26.0 Å². The van der Waals surface area contributed by atoms with E-state index >= 15 is 0 Å². The molecule has 104 valence electrons. The van der Waals surface area contributed by atoms with Gasteiger partial charge in [0.15, 0.2) is 5.78 Å². The lowest BCUT2D eigenvalue weighted by molar-refractivity contribution is 0.103. The van der Waals surface area contributed by atoms with E-state index < -0.39 is 0 Å². The van der Waals surface area contributed by atoms with Crippen molar-refractivity contribution in [1.82, 2.24) is 0 Å². The molecular weight excluding hydrogens is 252 g/mol. The van der Waals surface area contributed by atoms with Crippen LogP contribution in [0.4, 0.5) is 0 Å². The van der Waals surface area contributed by atoms with E-state index in [0.717, 1.165) is 11.3 Å². The fraction of sp³-hybridized carbons (Fsp3) is 0.235. The second-order valence-electron chi connectivity index (χ2n) is 4.49. The number of carbonyl (C=O) groups is 1. The lowest BCUT2D eigenvalue weighted by atomic mass is 10.0. The van der Waals surface area contributed by atoms with Gasteiger partial charge in [-0.25, -0.2) is 0 Å². The van der Waals surface area contributed by atoms with Crippen molar-refractivity contribution in [3.8, 4) is 11.5 Å². The Bertz CT molecular complexity index is 600. The molecule has 20 heavy (non-hydrogen) atoms. The monoisotopic (exact) mass is 270 g/mol. The number of aryl methyl sites for hydroxylation is 1. The van der Waals surface area contributed by atoms with Crippen molar-refractivity contribution in [2.24, 2.45) is 0 Å². The first-order chi connectivity index (χ1) is 9.65. The normalized spacial score (nSPS) is 10.2. The average Bonchev–Trinajstić information content (AvgIpc) is 2.47. The van der Waals surface area contributed by atoms with Gasteiger partial charge in [0.2, 0.25) is 0 Å². The van der Waals surface area contributed by atoms with Gasteiger partial charge in [0, 0.05) is 5.56 Å². The van der Waals surface area contributed by atoms with Crippen molar-refractivity contribution in [2.45, 2.75) is 13.8 Å². The molecule has 0 atom stereocenters. The van der Waals surface area contributed by atoms with E-state index in [1.165, 1.54) is 0 Å². The molecule has 2 rings (SSSR count). The third-order valence-corrected chi connectivity index (χ3v) is 3.03. The Balaban J connectivity index is 2.31. The van der Waals surface area contributed by atoms with Crippen LogP contribution in [-0.4, -0.2) is 19.5 Å². The molecule has 0 N–H and O–H groups in total. The summed E-state index contributed by atoms with van der Waals surface area (Å²) in [6.45, 7) is 4.50. The predicted molar refractivity (Wildman–Crippen MR) is 78.8 cm³/mol. The topological polar surface area (TPSA) is 35.5 Å². The summed E-state index contributed by atoms with van der Waals surface area (Å²) in [5.41, 5.74) is 2.25. The van der Waals surface area contributed by atoms with Crippen LogP contribution in [0.5, 0.6) is 11.5 Å². The Hall–Kier alpha value is -2.29. The van der Waals surface area contributed by atoms with Gasteiger partial charge in [-0.05, 0) is 55.8 Å². The van der Waals surface area contributed by atoms with Crippen molar-refractivity contribution < 1.29 is 14.3 Å². The highest BCUT2D eigenvalue weighted by atomic mass is 16.5. The number of methoxy groups -OCH3 is 1. The average molecular weight is 270 g/mol.